The third kappa shape index (κ3) is 4.67. The van der Waals surface area contributed by atoms with Crippen LogP contribution in [-0.4, -0.2) is 34.7 Å². The van der Waals surface area contributed by atoms with Crippen molar-refractivity contribution in [1.29, 1.82) is 0 Å². The highest BCUT2D eigenvalue weighted by molar-refractivity contribution is 5.85. The summed E-state index contributed by atoms with van der Waals surface area (Å²) in [6, 6.07) is -0.298. The molecule has 1 aliphatic carbocycles. The second kappa shape index (κ2) is 7.28. The van der Waals surface area contributed by atoms with Gasteiger partial charge in [-0.05, 0) is 25.2 Å². The third-order valence-electron chi connectivity index (χ3n) is 3.41. The zero-order valence-corrected chi connectivity index (χ0v) is 11.5. The summed E-state index contributed by atoms with van der Waals surface area (Å²) in [5.41, 5.74) is 0. The Labute approximate surface area is 113 Å². The molecule has 108 valence electrons. The standard InChI is InChI=1S/C14H23NO4/c1-9(2)7-10(8-16)15-13(17)11-5-3-4-6-12(11)14(18)19/h3-4,9-12,16H,5-8H2,1-2H3,(H,15,17)(H,18,19)/t10?,11-,12+/m1/s1. The molecule has 1 amide bonds. The number of aliphatic hydroxyl groups is 1. The van der Waals surface area contributed by atoms with Crippen LogP contribution in [0.25, 0.3) is 0 Å². The number of amides is 1. The number of carboxylic acid groups (broad SMARTS) is 1. The van der Waals surface area contributed by atoms with Crippen molar-refractivity contribution in [3.63, 3.8) is 0 Å². The van der Waals surface area contributed by atoms with E-state index in [1.54, 1.807) is 6.08 Å². The topological polar surface area (TPSA) is 86.6 Å². The van der Waals surface area contributed by atoms with Gasteiger partial charge in [-0.15, -0.1) is 0 Å². The number of nitrogens with one attached hydrogen (secondary N) is 1. The zero-order valence-electron chi connectivity index (χ0n) is 11.5. The Kier molecular flexibility index (Phi) is 6.02. The van der Waals surface area contributed by atoms with Crippen LogP contribution in [0, 0.1) is 17.8 Å². The molecule has 0 fully saturated rings. The smallest absolute Gasteiger partial charge is 0.307 e. The lowest BCUT2D eigenvalue weighted by Crippen LogP contribution is -2.45. The zero-order chi connectivity index (χ0) is 14.4. The summed E-state index contributed by atoms with van der Waals surface area (Å²) >= 11 is 0. The highest BCUT2D eigenvalue weighted by Gasteiger charge is 2.34. The average molecular weight is 269 g/mol. The number of allylic oxidation sites excluding steroid dienone is 2. The first-order chi connectivity index (χ1) is 8.95. The summed E-state index contributed by atoms with van der Waals surface area (Å²) < 4.78 is 0. The molecule has 0 heterocycles. The van der Waals surface area contributed by atoms with Gasteiger partial charge in [0.15, 0.2) is 0 Å². The van der Waals surface area contributed by atoms with E-state index >= 15 is 0 Å². The normalized spacial score (nSPS) is 24.2. The minimum absolute atomic E-state index is 0.121. The van der Waals surface area contributed by atoms with E-state index in [-0.39, 0.29) is 18.6 Å². The Bertz CT molecular complexity index is 351. The van der Waals surface area contributed by atoms with E-state index in [2.05, 4.69) is 5.32 Å². The molecule has 5 heteroatoms. The number of aliphatic carboxylic acids is 1. The van der Waals surface area contributed by atoms with E-state index in [1.807, 2.05) is 19.9 Å². The lowest BCUT2D eigenvalue weighted by atomic mass is 9.82. The van der Waals surface area contributed by atoms with Crippen LogP contribution in [-0.2, 0) is 9.59 Å². The van der Waals surface area contributed by atoms with Crippen molar-refractivity contribution in [3.05, 3.63) is 12.2 Å². The van der Waals surface area contributed by atoms with Crippen molar-refractivity contribution in [2.75, 3.05) is 6.61 Å². The summed E-state index contributed by atoms with van der Waals surface area (Å²) in [5.74, 6) is -2.04. The maximum absolute atomic E-state index is 12.1. The predicted octanol–water partition coefficient (Wildman–Crippen LogP) is 1.18. The van der Waals surface area contributed by atoms with E-state index in [0.29, 0.717) is 25.2 Å². The number of carbonyl (C=O) groups is 2. The molecule has 0 spiro atoms. The largest absolute Gasteiger partial charge is 0.481 e. The van der Waals surface area contributed by atoms with Crippen LogP contribution >= 0.6 is 0 Å². The van der Waals surface area contributed by atoms with E-state index in [0.717, 1.165) is 0 Å². The lowest BCUT2D eigenvalue weighted by Gasteiger charge is -2.27. The average Bonchev–Trinajstić information content (AvgIpc) is 2.37. The molecule has 1 aliphatic rings. The number of rotatable bonds is 6. The first-order valence-electron chi connectivity index (χ1n) is 6.74. The monoisotopic (exact) mass is 269 g/mol. The van der Waals surface area contributed by atoms with Gasteiger partial charge >= 0.3 is 5.97 Å². The first-order valence-corrected chi connectivity index (χ1v) is 6.74. The lowest BCUT2D eigenvalue weighted by molar-refractivity contribution is -0.147. The molecule has 5 nitrogen and oxygen atoms in total. The second-order valence-electron chi connectivity index (χ2n) is 5.51. The van der Waals surface area contributed by atoms with Crippen LogP contribution in [0.3, 0.4) is 0 Å². The minimum atomic E-state index is -0.936. The fraction of sp³-hybridized carbons (Fsp3) is 0.714. The van der Waals surface area contributed by atoms with Crippen LogP contribution in [0.2, 0.25) is 0 Å². The molecule has 3 N–H and O–H groups in total. The molecule has 0 saturated carbocycles. The Balaban J connectivity index is 2.64. The van der Waals surface area contributed by atoms with Crippen LogP contribution in [0.15, 0.2) is 12.2 Å². The molecule has 0 saturated heterocycles. The Morgan fingerprint density at radius 1 is 1.26 bits per heavy atom. The molecule has 3 atom stereocenters. The van der Waals surface area contributed by atoms with Gasteiger partial charge in [0, 0.05) is 0 Å². The molecule has 0 aromatic heterocycles. The van der Waals surface area contributed by atoms with Gasteiger partial charge in [-0.1, -0.05) is 26.0 Å². The van der Waals surface area contributed by atoms with Crippen molar-refractivity contribution >= 4 is 11.9 Å². The number of carbonyl (C=O) groups excluding carboxylic acids is 1. The Morgan fingerprint density at radius 3 is 2.32 bits per heavy atom. The molecular weight excluding hydrogens is 246 g/mol. The van der Waals surface area contributed by atoms with Crippen molar-refractivity contribution in [2.45, 2.75) is 39.2 Å². The highest BCUT2D eigenvalue weighted by atomic mass is 16.4. The number of hydrogen-bond acceptors (Lipinski definition) is 3. The van der Waals surface area contributed by atoms with Gasteiger partial charge in [0.1, 0.15) is 0 Å². The van der Waals surface area contributed by atoms with Crippen molar-refractivity contribution < 1.29 is 19.8 Å². The van der Waals surface area contributed by atoms with Crippen LogP contribution in [0.1, 0.15) is 33.1 Å². The van der Waals surface area contributed by atoms with Gasteiger partial charge in [0.25, 0.3) is 0 Å². The molecule has 0 bridgehead atoms. The second-order valence-corrected chi connectivity index (χ2v) is 5.51. The van der Waals surface area contributed by atoms with Crippen LogP contribution in [0.4, 0.5) is 0 Å². The quantitative estimate of drug-likeness (QED) is 0.632. The van der Waals surface area contributed by atoms with Gasteiger partial charge in [-0.25, -0.2) is 0 Å². The number of carboxylic acids is 1. The predicted molar refractivity (Wildman–Crippen MR) is 71.5 cm³/mol. The molecular formula is C14H23NO4. The molecule has 1 rings (SSSR count). The molecule has 1 unspecified atom stereocenters. The first kappa shape index (κ1) is 15.7. The van der Waals surface area contributed by atoms with E-state index in [9.17, 15) is 14.7 Å². The maximum atomic E-state index is 12.1. The molecule has 0 aliphatic heterocycles. The fourth-order valence-corrected chi connectivity index (χ4v) is 2.43. The molecule has 0 aromatic rings. The number of hydrogen-bond donors (Lipinski definition) is 3. The molecule has 0 aromatic carbocycles. The van der Waals surface area contributed by atoms with Gasteiger partial charge in [-0.3, -0.25) is 9.59 Å². The summed E-state index contributed by atoms with van der Waals surface area (Å²) in [7, 11) is 0. The van der Waals surface area contributed by atoms with Gasteiger partial charge in [0.2, 0.25) is 5.91 Å². The van der Waals surface area contributed by atoms with Gasteiger partial charge in [0.05, 0.1) is 24.5 Å². The van der Waals surface area contributed by atoms with Crippen LogP contribution < -0.4 is 5.32 Å². The Hall–Kier alpha value is -1.36. The van der Waals surface area contributed by atoms with E-state index < -0.39 is 17.8 Å². The van der Waals surface area contributed by atoms with Crippen molar-refractivity contribution in [1.82, 2.24) is 5.32 Å². The third-order valence-corrected chi connectivity index (χ3v) is 3.41. The fourth-order valence-electron chi connectivity index (χ4n) is 2.43. The van der Waals surface area contributed by atoms with Crippen molar-refractivity contribution in [3.8, 4) is 0 Å². The highest BCUT2D eigenvalue weighted by Crippen LogP contribution is 2.26. The maximum Gasteiger partial charge on any atom is 0.307 e. The Morgan fingerprint density at radius 2 is 1.84 bits per heavy atom. The van der Waals surface area contributed by atoms with Gasteiger partial charge < -0.3 is 15.5 Å². The molecule has 0 radical (unpaired) electrons. The molecule has 19 heavy (non-hydrogen) atoms. The van der Waals surface area contributed by atoms with E-state index in [1.165, 1.54) is 0 Å². The summed E-state index contributed by atoms with van der Waals surface area (Å²) in [6.07, 6.45) is 5.17. The summed E-state index contributed by atoms with van der Waals surface area (Å²) in [4.78, 5) is 23.3. The summed E-state index contributed by atoms with van der Waals surface area (Å²) in [6.45, 7) is 3.90. The minimum Gasteiger partial charge on any atom is -0.481 e. The van der Waals surface area contributed by atoms with Crippen molar-refractivity contribution in [2.24, 2.45) is 17.8 Å². The number of aliphatic hydroxyl groups excluding tert-OH is 1. The van der Waals surface area contributed by atoms with Gasteiger partial charge in [-0.2, -0.15) is 0 Å². The SMILES string of the molecule is CC(C)CC(CO)NC(=O)[C@@H]1CC=CC[C@@H]1C(=O)O. The van der Waals surface area contributed by atoms with E-state index in [4.69, 9.17) is 5.11 Å². The summed E-state index contributed by atoms with van der Waals surface area (Å²) in [5, 5.41) is 21.1. The van der Waals surface area contributed by atoms with Crippen LogP contribution in [0.5, 0.6) is 0 Å².